The largest absolute Gasteiger partial charge is 0.310 e. The molecule has 0 unspecified atom stereocenters. The summed E-state index contributed by atoms with van der Waals surface area (Å²) in [6.07, 6.45) is 1.48. The lowest BCUT2D eigenvalue weighted by atomic mass is 10.2. The molecule has 0 saturated carbocycles. The van der Waals surface area contributed by atoms with Gasteiger partial charge in [-0.3, -0.25) is 14.9 Å². The summed E-state index contributed by atoms with van der Waals surface area (Å²) in [5, 5.41) is 12.5. The standard InChI is InChI=1S/C16H12Cl2N4O2S/c1-9-20-21-16(25-9)19-15(24)11-3-5-14(23)22(8-11)7-10-2-4-12(17)6-13(10)18/h2-6,8H,7H2,1H3,(H,19,21,24). The summed E-state index contributed by atoms with van der Waals surface area (Å²) in [5.41, 5.74) is 0.817. The maximum Gasteiger partial charge on any atom is 0.258 e. The molecular formula is C16H12Cl2N4O2S. The molecule has 3 aromatic rings. The fraction of sp³-hybridized carbons (Fsp3) is 0.125. The van der Waals surface area contributed by atoms with Gasteiger partial charge in [0.2, 0.25) is 5.13 Å². The van der Waals surface area contributed by atoms with Crippen LogP contribution in [0.4, 0.5) is 5.13 Å². The van der Waals surface area contributed by atoms with Crippen LogP contribution in [0.15, 0.2) is 41.3 Å². The number of rotatable bonds is 4. The molecule has 0 radical (unpaired) electrons. The molecule has 128 valence electrons. The number of anilines is 1. The SMILES string of the molecule is Cc1nnc(NC(=O)c2ccc(=O)n(Cc3ccc(Cl)cc3Cl)c2)s1. The summed E-state index contributed by atoms with van der Waals surface area (Å²) >= 11 is 13.3. The van der Waals surface area contributed by atoms with Crippen LogP contribution in [0.3, 0.4) is 0 Å². The third kappa shape index (κ3) is 4.25. The first-order valence-corrected chi connectivity index (χ1v) is 8.75. The Morgan fingerprint density at radius 3 is 2.72 bits per heavy atom. The lowest BCUT2D eigenvalue weighted by molar-refractivity contribution is 0.102. The number of halogens is 2. The summed E-state index contributed by atoms with van der Waals surface area (Å²) in [6, 6.07) is 7.85. The number of nitrogens with one attached hydrogen (secondary N) is 1. The third-order valence-electron chi connectivity index (χ3n) is 3.35. The number of aryl methyl sites for hydroxylation is 1. The Morgan fingerprint density at radius 2 is 2.04 bits per heavy atom. The predicted octanol–water partition coefficient (Wildman–Crippen LogP) is 3.62. The second kappa shape index (κ2) is 7.35. The van der Waals surface area contributed by atoms with Crippen LogP contribution >= 0.6 is 34.5 Å². The van der Waals surface area contributed by atoms with Crippen LogP contribution < -0.4 is 10.9 Å². The first-order chi connectivity index (χ1) is 11.9. The molecule has 0 aliphatic heterocycles. The van der Waals surface area contributed by atoms with Crippen molar-refractivity contribution in [3.05, 3.63) is 73.1 Å². The highest BCUT2D eigenvalue weighted by Gasteiger charge is 2.11. The molecule has 25 heavy (non-hydrogen) atoms. The monoisotopic (exact) mass is 394 g/mol. The number of amides is 1. The zero-order chi connectivity index (χ0) is 18.0. The summed E-state index contributed by atoms with van der Waals surface area (Å²) in [5.74, 6) is -0.368. The molecule has 2 aromatic heterocycles. The van der Waals surface area contributed by atoms with Gasteiger partial charge in [-0.15, -0.1) is 10.2 Å². The molecule has 6 nitrogen and oxygen atoms in total. The topological polar surface area (TPSA) is 76.9 Å². The fourth-order valence-corrected chi connectivity index (χ4v) is 3.19. The Hall–Kier alpha value is -2.22. The number of carbonyl (C=O) groups excluding carboxylic acids is 1. The number of nitrogens with zero attached hydrogens (tertiary/aromatic N) is 3. The van der Waals surface area contributed by atoms with E-state index in [1.54, 1.807) is 25.1 Å². The van der Waals surface area contributed by atoms with E-state index in [1.165, 1.54) is 34.2 Å². The van der Waals surface area contributed by atoms with Crippen LogP contribution in [0, 0.1) is 6.92 Å². The van der Waals surface area contributed by atoms with Gasteiger partial charge in [-0.05, 0) is 30.7 Å². The molecule has 0 aliphatic carbocycles. The Kier molecular flexibility index (Phi) is 5.17. The molecule has 9 heteroatoms. The van der Waals surface area contributed by atoms with Gasteiger partial charge >= 0.3 is 0 Å². The number of aromatic nitrogens is 3. The number of carbonyl (C=O) groups is 1. The lowest BCUT2D eigenvalue weighted by Gasteiger charge is -2.10. The van der Waals surface area contributed by atoms with Gasteiger partial charge in [0, 0.05) is 22.3 Å². The third-order valence-corrected chi connectivity index (χ3v) is 4.69. The van der Waals surface area contributed by atoms with Gasteiger partial charge in [0.15, 0.2) is 0 Å². The minimum absolute atomic E-state index is 0.230. The Bertz CT molecular complexity index is 1000. The molecule has 2 heterocycles. The molecule has 1 N–H and O–H groups in total. The molecule has 3 rings (SSSR count). The molecule has 0 aliphatic rings. The van der Waals surface area contributed by atoms with E-state index in [0.717, 1.165) is 10.6 Å². The van der Waals surface area contributed by atoms with Gasteiger partial charge in [-0.1, -0.05) is 40.6 Å². The maximum atomic E-state index is 12.3. The van der Waals surface area contributed by atoms with Crippen molar-refractivity contribution in [1.82, 2.24) is 14.8 Å². The molecular weight excluding hydrogens is 383 g/mol. The highest BCUT2D eigenvalue weighted by atomic mass is 35.5. The van der Waals surface area contributed by atoms with E-state index >= 15 is 0 Å². The normalized spacial score (nSPS) is 10.7. The summed E-state index contributed by atoms with van der Waals surface area (Å²) < 4.78 is 1.41. The quantitative estimate of drug-likeness (QED) is 0.732. The van der Waals surface area contributed by atoms with Crippen molar-refractivity contribution < 1.29 is 4.79 Å². The molecule has 0 fully saturated rings. The summed E-state index contributed by atoms with van der Waals surface area (Å²) in [7, 11) is 0. The summed E-state index contributed by atoms with van der Waals surface area (Å²) in [6.45, 7) is 2.03. The number of hydrogen-bond acceptors (Lipinski definition) is 5. The van der Waals surface area contributed by atoms with E-state index in [-0.39, 0.29) is 18.0 Å². The zero-order valence-corrected chi connectivity index (χ0v) is 15.3. The van der Waals surface area contributed by atoms with Gasteiger partial charge in [-0.25, -0.2) is 0 Å². The predicted molar refractivity (Wildman–Crippen MR) is 98.9 cm³/mol. The van der Waals surface area contributed by atoms with Gasteiger partial charge < -0.3 is 4.57 Å². The van der Waals surface area contributed by atoms with E-state index in [9.17, 15) is 9.59 Å². The van der Waals surface area contributed by atoms with E-state index in [1.807, 2.05) is 0 Å². The maximum absolute atomic E-state index is 12.3. The molecule has 0 saturated heterocycles. The Labute approximate surface area is 157 Å². The second-order valence-electron chi connectivity index (χ2n) is 5.20. The van der Waals surface area contributed by atoms with Crippen molar-refractivity contribution in [2.24, 2.45) is 0 Å². The van der Waals surface area contributed by atoms with Crippen LogP contribution in [-0.2, 0) is 6.54 Å². The molecule has 1 amide bonds. The van der Waals surface area contributed by atoms with Crippen LogP contribution in [0.5, 0.6) is 0 Å². The zero-order valence-electron chi connectivity index (χ0n) is 13.0. The van der Waals surface area contributed by atoms with E-state index in [0.29, 0.717) is 20.7 Å². The van der Waals surface area contributed by atoms with Crippen LogP contribution in [-0.4, -0.2) is 20.7 Å². The van der Waals surface area contributed by atoms with Gasteiger partial charge in [0.25, 0.3) is 11.5 Å². The number of benzene rings is 1. The molecule has 0 bridgehead atoms. The van der Waals surface area contributed by atoms with Gasteiger partial charge in [-0.2, -0.15) is 0 Å². The van der Waals surface area contributed by atoms with Crippen molar-refractivity contribution in [3.63, 3.8) is 0 Å². The Balaban J connectivity index is 1.84. The first-order valence-electron chi connectivity index (χ1n) is 7.18. The van der Waals surface area contributed by atoms with Crippen molar-refractivity contribution in [3.8, 4) is 0 Å². The van der Waals surface area contributed by atoms with E-state index in [2.05, 4.69) is 15.5 Å². The average Bonchev–Trinajstić information content (AvgIpc) is 2.96. The minimum atomic E-state index is -0.368. The van der Waals surface area contributed by atoms with Crippen molar-refractivity contribution >= 4 is 45.6 Å². The van der Waals surface area contributed by atoms with Gasteiger partial charge in [0.1, 0.15) is 5.01 Å². The van der Waals surface area contributed by atoms with Crippen LogP contribution in [0.1, 0.15) is 20.9 Å². The average molecular weight is 395 g/mol. The highest BCUT2D eigenvalue weighted by Crippen LogP contribution is 2.21. The number of hydrogen-bond donors (Lipinski definition) is 1. The summed E-state index contributed by atoms with van der Waals surface area (Å²) in [4.78, 5) is 24.4. The van der Waals surface area contributed by atoms with Crippen molar-refractivity contribution in [2.75, 3.05) is 5.32 Å². The molecule has 0 atom stereocenters. The second-order valence-corrected chi connectivity index (χ2v) is 7.23. The highest BCUT2D eigenvalue weighted by molar-refractivity contribution is 7.15. The first kappa shape index (κ1) is 17.6. The minimum Gasteiger partial charge on any atom is -0.310 e. The molecule has 1 aromatic carbocycles. The number of pyridine rings is 1. The smallest absolute Gasteiger partial charge is 0.258 e. The molecule has 0 spiro atoms. The van der Waals surface area contributed by atoms with Crippen LogP contribution in [0.2, 0.25) is 10.0 Å². The fourth-order valence-electron chi connectivity index (χ4n) is 2.14. The van der Waals surface area contributed by atoms with Crippen molar-refractivity contribution in [2.45, 2.75) is 13.5 Å². The van der Waals surface area contributed by atoms with Crippen molar-refractivity contribution in [1.29, 1.82) is 0 Å². The Morgan fingerprint density at radius 1 is 1.24 bits per heavy atom. The lowest BCUT2D eigenvalue weighted by Crippen LogP contribution is -2.22. The van der Waals surface area contributed by atoms with Gasteiger partial charge in [0.05, 0.1) is 12.1 Å². The van der Waals surface area contributed by atoms with E-state index in [4.69, 9.17) is 23.2 Å². The van der Waals surface area contributed by atoms with Crippen LogP contribution in [0.25, 0.3) is 0 Å². The van der Waals surface area contributed by atoms with E-state index < -0.39 is 0 Å².